The lowest BCUT2D eigenvalue weighted by Gasteiger charge is -2.28. The molecule has 0 unspecified atom stereocenters. The van der Waals surface area contributed by atoms with Crippen molar-refractivity contribution in [2.45, 2.75) is 70.8 Å². The second kappa shape index (κ2) is 11.6. The molecule has 2 aliphatic carbocycles. The summed E-state index contributed by atoms with van der Waals surface area (Å²) in [5.74, 6) is 0.403. The molecule has 2 aliphatic rings. The summed E-state index contributed by atoms with van der Waals surface area (Å²) < 4.78 is 1.83. The first kappa shape index (κ1) is 26.3. The Morgan fingerprint density at radius 1 is 0.973 bits per heavy atom. The van der Waals surface area contributed by atoms with Gasteiger partial charge in [-0.25, -0.2) is 4.68 Å². The number of nitrogens with zero attached hydrogens (tertiary/aromatic N) is 2. The molecule has 0 saturated heterocycles. The van der Waals surface area contributed by atoms with Gasteiger partial charge in [-0.3, -0.25) is 4.79 Å². The normalized spacial score (nSPS) is 18.3. The smallest absolute Gasteiger partial charge is 0.272 e. The minimum absolute atomic E-state index is 0.109. The molecule has 1 atom stereocenters. The van der Waals surface area contributed by atoms with E-state index in [1.807, 2.05) is 35.0 Å². The average Bonchev–Trinajstić information content (AvgIpc) is 3.16. The van der Waals surface area contributed by atoms with Crippen molar-refractivity contribution in [2.75, 3.05) is 0 Å². The fourth-order valence-electron chi connectivity index (χ4n) is 5.69. The van der Waals surface area contributed by atoms with Crippen LogP contribution in [-0.4, -0.2) is 21.7 Å². The van der Waals surface area contributed by atoms with Crippen LogP contribution in [0.15, 0.2) is 42.5 Å². The summed E-state index contributed by atoms with van der Waals surface area (Å²) in [6, 6.07) is 13.3. The Labute approximate surface area is 234 Å². The summed E-state index contributed by atoms with van der Waals surface area (Å²) >= 11 is 19.2. The molecule has 3 aromatic rings. The lowest BCUT2D eigenvalue weighted by Crippen LogP contribution is -2.39. The maximum atomic E-state index is 13.7. The summed E-state index contributed by atoms with van der Waals surface area (Å²) in [7, 11) is 0. The van der Waals surface area contributed by atoms with E-state index in [1.165, 1.54) is 32.1 Å². The molecule has 1 aromatic heterocycles. The van der Waals surface area contributed by atoms with Crippen LogP contribution in [0.25, 0.3) is 17.3 Å². The maximum Gasteiger partial charge on any atom is 0.272 e. The highest BCUT2D eigenvalue weighted by Gasteiger charge is 2.30. The molecule has 0 aliphatic heterocycles. The predicted molar refractivity (Wildman–Crippen MR) is 154 cm³/mol. The number of benzene rings is 2. The van der Waals surface area contributed by atoms with Crippen molar-refractivity contribution in [3.63, 3.8) is 0 Å². The minimum Gasteiger partial charge on any atom is -0.348 e. The van der Waals surface area contributed by atoms with Gasteiger partial charge in [0, 0.05) is 21.7 Å². The topological polar surface area (TPSA) is 46.9 Å². The molecule has 4 nitrogen and oxygen atoms in total. The van der Waals surface area contributed by atoms with E-state index in [4.69, 9.17) is 39.9 Å². The summed E-state index contributed by atoms with van der Waals surface area (Å²) in [4.78, 5) is 13.7. The molecule has 1 N–H and O–H groups in total. The molecule has 0 radical (unpaired) electrons. The van der Waals surface area contributed by atoms with Gasteiger partial charge >= 0.3 is 0 Å². The molecule has 0 spiro atoms. The van der Waals surface area contributed by atoms with Gasteiger partial charge in [0.1, 0.15) is 0 Å². The molecule has 1 saturated carbocycles. The standard InChI is InChI=1S/C30H32Cl3N3O/c1-19(21-7-3-2-4-8-21)34-30(37)28-25-10-6-5-9-22(17-20-11-13-23(31)14-12-20)29(25)36(35-28)27-18-24(32)15-16-26(27)33/h11-19,21H,2-10H2,1H3,(H,34,37)/b22-17+/t19-/m0/s1. The molecule has 37 heavy (non-hydrogen) atoms. The summed E-state index contributed by atoms with van der Waals surface area (Å²) in [5, 5.41) is 10.0. The van der Waals surface area contributed by atoms with E-state index < -0.39 is 0 Å². The molecular weight excluding hydrogens is 525 g/mol. The van der Waals surface area contributed by atoms with E-state index in [1.54, 1.807) is 12.1 Å². The molecule has 5 rings (SSSR count). The number of amides is 1. The SMILES string of the molecule is C[C@H](NC(=O)c1nn(-c2cc(Cl)ccc2Cl)c2c1CCCC/C2=C\c1ccc(Cl)cc1)C1CCCCC1. The second-order valence-electron chi connectivity index (χ2n) is 10.3. The summed E-state index contributed by atoms with van der Waals surface area (Å²) in [6.45, 7) is 2.13. The Morgan fingerprint density at radius 2 is 1.68 bits per heavy atom. The first-order chi connectivity index (χ1) is 17.9. The van der Waals surface area contributed by atoms with E-state index in [-0.39, 0.29) is 11.9 Å². The lowest BCUT2D eigenvalue weighted by molar-refractivity contribution is 0.0913. The highest BCUT2D eigenvalue weighted by Crippen LogP contribution is 2.37. The minimum atomic E-state index is -0.112. The Kier molecular flexibility index (Phi) is 8.28. The van der Waals surface area contributed by atoms with Gasteiger partial charge in [0.25, 0.3) is 5.91 Å². The molecule has 1 amide bonds. The number of hydrogen-bond acceptors (Lipinski definition) is 2. The van der Waals surface area contributed by atoms with Gasteiger partial charge in [-0.2, -0.15) is 5.10 Å². The van der Waals surface area contributed by atoms with Crippen LogP contribution in [0.1, 0.15) is 85.6 Å². The quantitative estimate of drug-likeness (QED) is 0.319. The van der Waals surface area contributed by atoms with Gasteiger partial charge < -0.3 is 5.32 Å². The molecule has 194 valence electrons. The second-order valence-corrected chi connectivity index (χ2v) is 11.6. The summed E-state index contributed by atoms with van der Waals surface area (Å²) in [6.07, 6.45) is 11.9. The van der Waals surface area contributed by atoms with Gasteiger partial charge in [0.2, 0.25) is 0 Å². The van der Waals surface area contributed by atoms with Crippen molar-refractivity contribution in [3.8, 4) is 5.69 Å². The number of nitrogens with one attached hydrogen (secondary N) is 1. The van der Waals surface area contributed by atoms with Crippen LogP contribution in [-0.2, 0) is 6.42 Å². The number of aromatic nitrogens is 2. The van der Waals surface area contributed by atoms with E-state index >= 15 is 0 Å². The average molecular weight is 557 g/mol. The van der Waals surface area contributed by atoms with Gasteiger partial charge in [-0.15, -0.1) is 0 Å². The van der Waals surface area contributed by atoms with Crippen LogP contribution in [0.5, 0.6) is 0 Å². The lowest BCUT2D eigenvalue weighted by atomic mass is 9.84. The zero-order valence-electron chi connectivity index (χ0n) is 21.1. The molecule has 7 heteroatoms. The van der Waals surface area contributed by atoms with E-state index in [9.17, 15) is 4.79 Å². The van der Waals surface area contributed by atoms with Crippen LogP contribution in [0, 0.1) is 5.92 Å². The third kappa shape index (κ3) is 5.92. The summed E-state index contributed by atoms with van der Waals surface area (Å²) in [5.41, 5.74) is 5.24. The van der Waals surface area contributed by atoms with Crippen molar-refractivity contribution in [2.24, 2.45) is 5.92 Å². The maximum absolute atomic E-state index is 13.7. The zero-order valence-corrected chi connectivity index (χ0v) is 23.3. The third-order valence-corrected chi connectivity index (χ3v) is 8.50. The van der Waals surface area contributed by atoms with Crippen molar-refractivity contribution in [1.82, 2.24) is 15.1 Å². The molecule has 0 bridgehead atoms. The van der Waals surface area contributed by atoms with Crippen LogP contribution in [0.2, 0.25) is 15.1 Å². The number of carbonyl (C=O) groups excluding carboxylic acids is 1. The Morgan fingerprint density at radius 3 is 2.43 bits per heavy atom. The number of hydrogen-bond donors (Lipinski definition) is 1. The Hall–Kier alpha value is -2.27. The van der Waals surface area contributed by atoms with Gasteiger partial charge in [-0.05, 0) is 98.9 Å². The fourth-order valence-corrected chi connectivity index (χ4v) is 6.18. The first-order valence-corrected chi connectivity index (χ1v) is 14.4. The molecule has 2 aromatic carbocycles. The van der Waals surface area contributed by atoms with Crippen LogP contribution < -0.4 is 5.32 Å². The number of rotatable bonds is 5. The van der Waals surface area contributed by atoms with Gasteiger partial charge in [0.05, 0.1) is 16.4 Å². The number of fused-ring (bicyclic) bond motifs is 1. The van der Waals surface area contributed by atoms with E-state index in [0.717, 1.165) is 48.1 Å². The Bertz CT molecular complexity index is 1310. The van der Waals surface area contributed by atoms with Gasteiger partial charge in [0.15, 0.2) is 5.69 Å². The monoisotopic (exact) mass is 555 g/mol. The van der Waals surface area contributed by atoms with Crippen molar-refractivity contribution in [3.05, 3.63) is 80.0 Å². The fraction of sp³-hybridized carbons (Fsp3) is 0.400. The number of carbonyl (C=O) groups is 1. The molecule has 1 fully saturated rings. The van der Waals surface area contributed by atoms with E-state index in [0.29, 0.717) is 32.4 Å². The van der Waals surface area contributed by atoms with Crippen LogP contribution >= 0.6 is 34.8 Å². The largest absolute Gasteiger partial charge is 0.348 e. The van der Waals surface area contributed by atoms with E-state index in [2.05, 4.69) is 18.3 Å². The van der Waals surface area contributed by atoms with Crippen molar-refractivity contribution < 1.29 is 4.79 Å². The third-order valence-electron chi connectivity index (χ3n) is 7.69. The zero-order chi connectivity index (χ0) is 25.9. The molecular formula is C30H32Cl3N3O. The van der Waals surface area contributed by atoms with Crippen LogP contribution in [0.3, 0.4) is 0 Å². The molecule has 1 heterocycles. The van der Waals surface area contributed by atoms with Gasteiger partial charge in [-0.1, -0.05) is 66.2 Å². The first-order valence-electron chi connectivity index (χ1n) is 13.3. The van der Waals surface area contributed by atoms with Crippen molar-refractivity contribution in [1.29, 1.82) is 0 Å². The number of halogens is 3. The van der Waals surface area contributed by atoms with Crippen LogP contribution in [0.4, 0.5) is 0 Å². The highest BCUT2D eigenvalue weighted by atomic mass is 35.5. The number of allylic oxidation sites excluding steroid dienone is 1. The highest BCUT2D eigenvalue weighted by molar-refractivity contribution is 6.34. The Balaban J connectivity index is 1.61. The predicted octanol–water partition coefficient (Wildman–Crippen LogP) is 8.80. The van der Waals surface area contributed by atoms with Crippen molar-refractivity contribution >= 4 is 52.4 Å².